The first-order valence-corrected chi connectivity index (χ1v) is 6.15. The molecule has 0 aliphatic heterocycles. The van der Waals surface area contributed by atoms with Gasteiger partial charge in [-0.05, 0) is 31.0 Å². The van der Waals surface area contributed by atoms with E-state index in [2.05, 4.69) is 11.8 Å². The number of carboxylic acid groups (broad SMARTS) is 1. The molecular formula is C13H18ClNO2. The summed E-state index contributed by atoms with van der Waals surface area (Å²) in [6, 6.07) is 5.71. The molecule has 1 aromatic rings. The van der Waals surface area contributed by atoms with Crippen molar-refractivity contribution in [1.82, 2.24) is 0 Å². The number of benzene rings is 1. The maximum absolute atomic E-state index is 10.6. The standard InChI is InChI=1S/C13H18ClNO2/c1-3-7-15(8-6-13(16)17)12-9-11(14)5-4-10(12)2/h4-5,9H,3,6-8H2,1-2H3,(H,16,17). The predicted octanol–water partition coefficient (Wildman–Crippen LogP) is 3.34. The van der Waals surface area contributed by atoms with E-state index in [9.17, 15) is 4.79 Å². The number of anilines is 1. The number of rotatable bonds is 6. The molecule has 0 spiro atoms. The van der Waals surface area contributed by atoms with Crippen molar-refractivity contribution in [2.24, 2.45) is 0 Å². The van der Waals surface area contributed by atoms with Crippen molar-refractivity contribution in [3.05, 3.63) is 28.8 Å². The number of nitrogens with zero attached hydrogens (tertiary/aromatic N) is 1. The van der Waals surface area contributed by atoms with Crippen LogP contribution in [0.25, 0.3) is 0 Å². The summed E-state index contributed by atoms with van der Waals surface area (Å²) in [5.74, 6) is -0.772. The lowest BCUT2D eigenvalue weighted by molar-refractivity contribution is -0.136. The lowest BCUT2D eigenvalue weighted by Crippen LogP contribution is -2.27. The molecule has 0 aliphatic carbocycles. The molecule has 1 rings (SSSR count). The summed E-state index contributed by atoms with van der Waals surface area (Å²) in [6.45, 7) is 5.45. The van der Waals surface area contributed by atoms with Crippen molar-refractivity contribution < 1.29 is 9.90 Å². The van der Waals surface area contributed by atoms with Crippen molar-refractivity contribution in [3.8, 4) is 0 Å². The Kier molecular flexibility index (Phi) is 5.29. The summed E-state index contributed by atoms with van der Waals surface area (Å²) in [4.78, 5) is 12.7. The maximum atomic E-state index is 10.6. The van der Waals surface area contributed by atoms with E-state index in [1.807, 2.05) is 25.1 Å². The van der Waals surface area contributed by atoms with Gasteiger partial charge < -0.3 is 10.0 Å². The Morgan fingerprint density at radius 2 is 2.12 bits per heavy atom. The smallest absolute Gasteiger partial charge is 0.305 e. The molecule has 0 amide bonds. The number of hydrogen-bond acceptors (Lipinski definition) is 2. The summed E-state index contributed by atoms with van der Waals surface area (Å²) in [5, 5.41) is 9.43. The first kappa shape index (κ1) is 13.8. The molecule has 0 fully saturated rings. The highest BCUT2D eigenvalue weighted by molar-refractivity contribution is 6.30. The Morgan fingerprint density at radius 3 is 2.71 bits per heavy atom. The molecule has 1 N–H and O–H groups in total. The van der Waals surface area contributed by atoms with E-state index in [-0.39, 0.29) is 6.42 Å². The van der Waals surface area contributed by atoms with Crippen LogP contribution in [0.4, 0.5) is 5.69 Å². The van der Waals surface area contributed by atoms with Crippen LogP contribution in [0.15, 0.2) is 18.2 Å². The number of carbonyl (C=O) groups is 1. The minimum atomic E-state index is -0.772. The SMILES string of the molecule is CCCN(CCC(=O)O)c1cc(Cl)ccc1C. The van der Waals surface area contributed by atoms with Gasteiger partial charge in [-0.1, -0.05) is 24.6 Å². The second kappa shape index (κ2) is 6.50. The monoisotopic (exact) mass is 255 g/mol. The number of halogens is 1. The van der Waals surface area contributed by atoms with Gasteiger partial charge in [0.15, 0.2) is 0 Å². The highest BCUT2D eigenvalue weighted by Crippen LogP contribution is 2.24. The molecule has 0 saturated carbocycles. The minimum Gasteiger partial charge on any atom is -0.481 e. The van der Waals surface area contributed by atoms with Crippen LogP contribution in [-0.4, -0.2) is 24.2 Å². The highest BCUT2D eigenvalue weighted by Gasteiger charge is 2.10. The minimum absolute atomic E-state index is 0.145. The van der Waals surface area contributed by atoms with Crippen LogP contribution >= 0.6 is 11.6 Å². The molecule has 0 aromatic heterocycles. The van der Waals surface area contributed by atoms with E-state index in [0.29, 0.717) is 11.6 Å². The number of hydrogen-bond donors (Lipinski definition) is 1. The van der Waals surface area contributed by atoms with Gasteiger partial charge in [0.2, 0.25) is 0 Å². The first-order valence-electron chi connectivity index (χ1n) is 5.77. The predicted molar refractivity (Wildman–Crippen MR) is 70.9 cm³/mol. The van der Waals surface area contributed by atoms with Crippen molar-refractivity contribution in [1.29, 1.82) is 0 Å². The Balaban J connectivity index is 2.87. The lowest BCUT2D eigenvalue weighted by Gasteiger charge is -2.25. The number of aryl methyl sites for hydroxylation is 1. The summed E-state index contributed by atoms with van der Waals surface area (Å²) < 4.78 is 0. The van der Waals surface area contributed by atoms with Gasteiger partial charge in [-0.2, -0.15) is 0 Å². The Morgan fingerprint density at radius 1 is 1.41 bits per heavy atom. The van der Waals surface area contributed by atoms with Gasteiger partial charge in [0, 0.05) is 23.8 Å². The largest absolute Gasteiger partial charge is 0.481 e. The van der Waals surface area contributed by atoms with Crippen LogP contribution in [0.2, 0.25) is 5.02 Å². The van der Waals surface area contributed by atoms with Crippen LogP contribution in [-0.2, 0) is 4.79 Å². The molecule has 0 unspecified atom stereocenters. The fourth-order valence-electron chi connectivity index (χ4n) is 1.78. The van der Waals surface area contributed by atoms with Gasteiger partial charge in [-0.25, -0.2) is 0 Å². The van der Waals surface area contributed by atoms with Gasteiger partial charge in [0.1, 0.15) is 0 Å². The van der Waals surface area contributed by atoms with E-state index < -0.39 is 5.97 Å². The van der Waals surface area contributed by atoms with Crippen LogP contribution in [0.5, 0.6) is 0 Å². The van der Waals surface area contributed by atoms with Crippen LogP contribution in [0, 0.1) is 6.92 Å². The molecule has 0 heterocycles. The Labute approximate surface area is 107 Å². The highest BCUT2D eigenvalue weighted by atomic mass is 35.5. The lowest BCUT2D eigenvalue weighted by atomic mass is 10.1. The Hall–Kier alpha value is -1.22. The molecule has 0 aliphatic rings. The summed E-state index contributed by atoms with van der Waals surface area (Å²) in [5.41, 5.74) is 2.15. The Bertz CT molecular complexity index is 393. The van der Waals surface area contributed by atoms with E-state index in [1.165, 1.54) is 0 Å². The van der Waals surface area contributed by atoms with Crippen molar-refractivity contribution in [2.75, 3.05) is 18.0 Å². The van der Waals surface area contributed by atoms with Crippen LogP contribution in [0.3, 0.4) is 0 Å². The normalized spacial score (nSPS) is 10.3. The number of carboxylic acids is 1. The molecule has 3 nitrogen and oxygen atoms in total. The molecule has 17 heavy (non-hydrogen) atoms. The third-order valence-electron chi connectivity index (χ3n) is 2.60. The van der Waals surface area contributed by atoms with Gasteiger partial charge in [-0.15, -0.1) is 0 Å². The van der Waals surface area contributed by atoms with Crippen molar-refractivity contribution in [2.45, 2.75) is 26.7 Å². The maximum Gasteiger partial charge on any atom is 0.305 e. The van der Waals surface area contributed by atoms with Gasteiger partial charge >= 0.3 is 5.97 Å². The summed E-state index contributed by atoms with van der Waals surface area (Å²) >= 11 is 5.98. The van der Waals surface area contributed by atoms with E-state index in [1.54, 1.807) is 0 Å². The molecule has 0 bridgehead atoms. The molecule has 0 radical (unpaired) electrons. The van der Waals surface area contributed by atoms with Crippen LogP contribution in [0.1, 0.15) is 25.3 Å². The first-order chi connectivity index (χ1) is 8.04. The quantitative estimate of drug-likeness (QED) is 0.848. The third-order valence-corrected chi connectivity index (χ3v) is 2.84. The van der Waals surface area contributed by atoms with Crippen molar-refractivity contribution >= 4 is 23.3 Å². The van der Waals surface area contributed by atoms with Gasteiger partial charge in [-0.3, -0.25) is 4.79 Å². The zero-order chi connectivity index (χ0) is 12.8. The van der Waals surface area contributed by atoms with E-state index in [4.69, 9.17) is 16.7 Å². The fourth-order valence-corrected chi connectivity index (χ4v) is 1.94. The second-order valence-electron chi connectivity index (χ2n) is 4.06. The molecule has 0 atom stereocenters. The molecule has 0 saturated heterocycles. The molecular weight excluding hydrogens is 238 g/mol. The van der Waals surface area contributed by atoms with Gasteiger partial charge in [0.25, 0.3) is 0 Å². The summed E-state index contributed by atoms with van der Waals surface area (Å²) in [7, 11) is 0. The molecule has 1 aromatic carbocycles. The average Bonchev–Trinajstić information content (AvgIpc) is 2.27. The third kappa shape index (κ3) is 4.27. The molecule has 94 valence electrons. The molecule has 4 heteroatoms. The second-order valence-corrected chi connectivity index (χ2v) is 4.50. The van der Waals surface area contributed by atoms with Crippen molar-refractivity contribution in [3.63, 3.8) is 0 Å². The average molecular weight is 256 g/mol. The van der Waals surface area contributed by atoms with E-state index in [0.717, 1.165) is 24.2 Å². The zero-order valence-corrected chi connectivity index (χ0v) is 11.0. The van der Waals surface area contributed by atoms with Crippen LogP contribution < -0.4 is 4.90 Å². The number of aliphatic carboxylic acids is 1. The topological polar surface area (TPSA) is 40.5 Å². The summed E-state index contributed by atoms with van der Waals surface area (Å²) in [6.07, 6.45) is 1.12. The van der Waals surface area contributed by atoms with E-state index >= 15 is 0 Å². The zero-order valence-electron chi connectivity index (χ0n) is 10.2. The van der Waals surface area contributed by atoms with Gasteiger partial charge in [0.05, 0.1) is 6.42 Å². The fraction of sp³-hybridized carbons (Fsp3) is 0.462.